The van der Waals surface area contributed by atoms with Gasteiger partial charge in [-0.1, -0.05) is 24.9 Å². The molecule has 1 saturated heterocycles. The molecule has 0 bridgehead atoms. The van der Waals surface area contributed by atoms with Gasteiger partial charge in [0.15, 0.2) is 0 Å². The Labute approximate surface area is 197 Å². The minimum absolute atomic E-state index is 0.154. The van der Waals surface area contributed by atoms with Crippen molar-refractivity contribution in [2.24, 2.45) is 0 Å². The predicted octanol–water partition coefficient (Wildman–Crippen LogP) is 3.60. The van der Waals surface area contributed by atoms with E-state index in [2.05, 4.69) is 32.5 Å². The molecule has 3 aromatic rings. The molecule has 33 heavy (non-hydrogen) atoms. The largest absolute Gasteiger partial charge is 0.495 e. The van der Waals surface area contributed by atoms with Crippen LogP contribution in [0.25, 0.3) is 11.0 Å². The third kappa shape index (κ3) is 5.01. The van der Waals surface area contributed by atoms with Crippen LogP contribution < -0.4 is 15.4 Å². The Balaban J connectivity index is 1.63. The maximum Gasteiger partial charge on any atom is 0.243 e. The van der Waals surface area contributed by atoms with E-state index in [4.69, 9.17) is 21.1 Å². The first kappa shape index (κ1) is 23.6. The van der Waals surface area contributed by atoms with Gasteiger partial charge < -0.3 is 25.1 Å². The molecule has 1 aromatic carbocycles. The zero-order valence-electron chi connectivity index (χ0n) is 18.5. The fourth-order valence-electron chi connectivity index (χ4n) is 3.55. The van der Waals surface area contributed by atoms with Crippen LogP contribution >= 0.6 is 11.6 Å². The second-order valence-electron chi connectivity index (χ2n) is 7.54. The summed E-state index contributed by atoms with van der Waals surface area (Å²) in [6.07, 6.45) is 3.70. The first-order chi connectivity index (χ1) is 15.9. The number of nitrogens with one attached hydrogen (secondary N) is 3. The highest BCUT2D eigenvalue weighted by molar-refractivity contribution is 7.89. The molecule has 12 heteroatoms. The van der Waals surface area contributed by atoms with Gasteiger partial charge in [0.05, 0.1) is 41.3 Å². The molecule has 0 amide bonds. The average Bonchev–Trinajstić information content (AvgIpc) is 3.20. The molecule has 10 nitrogen and oxygen atoms in total. The Kier molecular flexibility index (Phi) is 7.23. The molecule has 0 unspecified atom stereocenters. The molecule has 0 atom stereocenters. The number of anilines is 3. The molecule has 1 aliphatic heterocycles. The number of hydrogen-bond donors (Lipinski definition) is 3. The summed E-state index contributed by atoms with van der Waals surface area (Å²) in [6.45, 7) is 4.28. The van der Waals surface area contributed by atoms with Gasteiger partial charge in [-0.25, -0.2) is 8.42 Å². The number of halogens is 1. The summed E-state index contributed by atoms with van der Waals surface area (Å²) in [7, 11) is -2.16. The quantitative estimate of drug-likeness (QED) is 0.386. The van der Waals surface area contributed by atoms with Crippen molar-refractivity contribution in [3.05, 3.63) is 29.4 Å². The van der Waals surface area contributed by atoms with E-state index in [0.717, 1.165) is 24.8 Å². The van der Waals surface area contributed by atoms with Crippen LogP contribution in [-0.2, 0) is 14.8 Å². The Morgan fingerprint density at radius 3 is 2.79 bits per heavy atom. The van der Waals surface area contributed by atoms with Gasteiger partial charge in [0.25, 0.3) is 0 Å². The monoisotopic (exact) mass is 494 g/mol. The molecule has 1 fully saturated rings. The van der Waals surface area contributed by atoms with Crippen molar-refractivity contribution < 1.29 is 17.9 Å². The van der Waals surface area contributed by atoms with Crippen LogP contribution in [0.2, 0.25) is 5.02 Å². The number of aromatic nitrogens is 3. The molecular formula is C21H27ClN6O4S. The lowest BCUT2D eigenvalue weighted by atomic mass is 10.3. The number of aromatic amines is 1. The van der Waals surface area contributed by atoms with Crippen LogP contribution in [0.1, 0.15) is 19.8 Å². The first-order valence-electron chi connectivity index (χ1n) is 10.8. The number of nitrogens with zero attached hydrogens (tertiary/aromatic N) is 3. The molecule has 3 N–H and O–H groups in total. The number of rotatable bonds is 9. The molecule has 0 radical (unpaired) electrons. The lowest BCUT2D eigenvalue weighted by molar-refractivity contribution is 0.0730. The lowest BCUT2D eigenvalue weighted by Gasteiger charge is -2.26. The van der Waals surface area contributed by atoms with Crippen molar-refractivity contribution in [3.8, 4) is 5.75 Å². The summed E-state index contributed by atoms with van der Waals surface area (Å²) in [5, 5.41) is 7.70. The SMILES string of the molecule is CCCCNc1nc(Nc2ccc(S(=O)(=O)N3CCOCC3)cc2OC)nc2[nH]cc(Cl)c12. The van der Waals surface area contributed by atoms with Crippen molar-refractivity contribution in [2.75, 3.05) is 50.6 Å². The summed E-state index contributed by atoms with van der Waals surface area (Å²) in [6, 6.07) is 4.68. The third-order valence-electron chi connectivity index (χ3n) is 5.33. The van der Waals surface area contributed by atoms with E-state index in [-0.39, 0.29) is 4.90 Å². The number of sulfonamides is 1. The minimum Gasteiger partial charge on any atom is -0.495 e. The normalized spacial score (nSPS) is 15.0. The number of ether oxygens (including phenoxy) is 2. The maximum atomic E-state index is 13.0. The molecule has 3 heterocycles. The van der Waals surface area contributed by atoms with Crippen LogP contribution in [0.3, 0.4) is 0 Å². The molecule has 178 valence electrons. The zero-order valence-corrected chi connectivity index (χ0v) is 20.1. The van der Waals surface area contributed by atoms with Crippen LogP contribution in [0.4, 0.5) is 17.5 Å². The molecule has 0 saturated carbocycles. The Bertz CT molecular complexity index is 1230. The topological polar surface area (TPSA) is 121 Å². The molecule has 1 aliphatic rings. The third-order valence-corrected chi connectivity index (χ3v) is 7.53. The van der Waals surface area contributed by atoms with Gasteiger partial charge >= 0.3 is 0 Å². The lowest BCUT2D eigenvalue weighted by Crippen LogP contribution is -2.40. The first-order valence-corrected chi connectivity index (χ1v) is 12.6. The highest BCUT2D eigenvalue weighted by Gasteiger charge is 2.27. The molecule has 4 rings (SSSR count). The smallest absolute Gasteiger partial charge is 0.243 e. The van der Waals surface area contributed by atoms with Gasteiger partial charge in [-0.2, -0.15) is 14.3 Å². The zero-order chi connectivity index (χ0) is 23.4. The van der Waals surface area contributed by atoms with Gasteiger partial charge in [0, 0.05) is 31.9 Å². The van der Waals surface area contributed by atoms with Crippen molar-refractivity contribution in [1.29, 1.82) is 0 Å². The van der Waals surface area contributed by atoms with E-state index in [1.165, 1.54) is 17.5 Å². The summed E-state index contributed by atoms with van der Waals surface area (Å²) in [5.41, 5.74) is 1.12. The van der Waals surface area contributed by atoms with Crippen LogP contribution in [-0.4, -0.2) is 67.6 Å². The number of morpholine rings is 1. The average molecular weight is 495 g/mol. The van der Waals surface area contributed by atoms with Crippen molar-refractivity contribution in [3.63, 3.8) is 0 Å². The number of H-pyrrole nitrogens is 1. The Morgan fingerprint density at radius 1 is 1.27 bits per heavy atom. The van der Waals surface area contributed by atoms with Crippen molar-refractivity contribution in [1.82, 2.24) is 19.3 Å². The van der Waals surface area contributed by atoms with Crippen molar-refractivity contribution >= 4 is 50.1 Å². The number of fused-ring (bicyclic) bond motifs is 1. The van der Waals surface area contributed by atoms with E-state index >= 15 is 0 Å². The van der Waals surface area contributed by atoms with E-state index in [9.17, 15) is 8.42 Å². The molecule has 0 aliphatic carbocycles. The van der Waals surface area contributed by atoms with E-state index in [1.54, 1.807) is 18.3 Å². The van der Waals surface area contributed by atoms with Gasteiger partial charge in [-0.15, -0.1) is 0 Å². The Morgan fingerprint density at radius 2 is 2.06 bits per heavy atom. The highest BCUT2D eigenvalue weighted by Crippen LogP contribution is 2.33. The second kappa shape index (κ2) is 10.1. The summed E-state index contributed by atoms with van der Waals surface area (Å²) in [4.78, 5) is 12.3. The standard InChI is InChI=1S/C21H27ClN6O4S/c1-3-4-7-23-19-18-15(22)13-24-20(18)27-21(26-19)25-16-6-5-14(12-17(16)31-2)33(29,30)28-8-10-32-11-9-28/h5-6,12-13H,3-4,7-11H2,1-2H3,(H3,23,24,25,26,27). The summed E-state index contributed by atoms with van der Waals surface area (Å²) >= 11 is 6.31. The van der Waals surface area contributed by atoms with Gasteiger partial charge in [-0.3, -0.25) is 0 Å². The van der Waals surface area contributed by atoms with Crippen molar-refractivity contribution in [2.45, 2.75) is 24.7 Å². The predicted molar refractivity (Wildman–Crippen MR) is 128 cm³/mol. The highest BCUT2D eigenvalue weighted by atomic mass is 35.5. The van der Waals surface area contributed by atoms with Crippen LogP contribution in [0.15, 0.2) is 29.3 Å². The van der Waals surface area contributed by atoms with Gasteiger partial charge in [-0.05, 0) is 18.6 Å². The maximum absolute atomic E-state index is 13.0. The minimum atomic E-state index is -3.65. The summed E-state index contributed by atoms with van der Waals surface area (Å²) in [5.74, 6) is 1.30. The molecule has 2 aromatic heterocycles. The van der Waals surface area contributed by atoms with Gasteiger partial charge in [0.1, 0.15) is 17.2 Å². The van der Waals surface area contributed by atoms with E-state index in [0.29, 0.717) is 60.2 Å². The van der Waals surface area contributed by atoms with Crippen LogP contribution in [0, 0.1) is 0 Å². The molecule has 0 spiro atoms. The Hall–Kier alpha value is -2.60. The summed E-state index contributed by atoms with van der Waals surface area (Å²) < 4.78 is 38.1. The number of hydrogen-bond acceptors (Lipinski definition) is 8. The van der Waals surface area contributed by atoms with Gasteiger partial charge in [0.2, 0.25) is 16.0 Å². The number of unbranched alkanes of at least 4 members (excludes halogenated alkanes) is 1. The number of methoxy groups -OCH3 is 1. The van der Waals surface area contributed by atoms with Crippen LogP contribution in [0.5, 0.6) is 5.75 Å². The number of benzene rings is 1. The van der Waals surface area contributed by atoms with E-state index in [1.807, 2.05) is 0 Å². The fraction of sp³-hybridized carbons (Fsp3) is 0.429. The van der Waals surface area contributed by atoms with E-state index < -0.39 is 10.0 Å². The second-order valence-corrected chi connectivity index (χ2v) is 9.89. The molecular weight excluding hydrogens is 468 g/mol. The fourth-order valence-corrected chi connectivity index (χ4v) is 5.21.